The highest BCUT2D eigenvalue weighted by atomic mass is 127. The molecule has 1 heterocycles. The molecule has 0 spiro atoms. The lowest BCUT2D eigenvalue weighted by atomic mass is 9.98. The fraction of sp³-hybridized carbons (Fsp3) is 0.708. The molecule has 0 amide bonds. The second-order valence-electron chi connectivity index (χ2n) is 8.24. The predicted octanol–water partition coefficient (Wildman–Crippen LogP) is 3.78. The van der Waals surface area contributed by atoms with Gasteiger partial charge >= 0.3 is 0 Å². The summed E-state index contributed by atoms with van der Waals surface area (Å²) in [6, 6.07) is 10.7. The van der Waals surface area contributed by atoms with Gasteiger partial charge < -0.3 is 20.5 Å². The van der Waals surface area contributed by atoms with Gasteiger partial charge in [-0.05, 0) is 44.6 Å². The Balaban J connectivity index is 0.00000480. The van der Waals surface area contributed by atoms with Crippen LogP contribution in [0.1, 0.15) is 58.4 Å². The fourth-order valence-corrected chi connectivity index (χ4v) is 3.65. The van der Waals surface area contributed by atoms with E-state index in [1.54, 1.807) is 0 Å². The van der Waals surface area contributed by atoms with Crippen molar-refractivity contribution in [3.05, 3.63) is 35.9 Å². The molecule has 1 aliphatic heterocycles. The summed E-state index contributed by atoms with van der Waals surface area (Å²) in [5, 5.41) is 17.0. The average molecular weight is 547 g/mol. The summed E-state index contributed by atoms with van der Waals surface area (Å²) >= 11 is 0. The second kappa shape index (κ2) is 15.8. The molecule has 0 unspecified atom stereocenters. The molecule has 1 saturated heterocycles. The van der Waals surface area contributed by atoms with Crippen molar-refractivity contribution in [1.29, 1.82) is 0 Å². The average Bonchev–Trinajstić information content (AvgIpc) is 2.78. The third-order valence-electron chi connectivity index (χ3n) is 5.94. The smallest absolute Gasteiger partial charge is 0.191 e. The van der Waals surface area contributed by atoms with Crippen molar-refractivity contribution in [3.63, 3.8) is 0 Å². The van der Waals surface area contributed by atoms with Crippen LogP contribution in [0, 0.1) is 0 Å². The first-order valence-electron chi connectivity index (χ1n) is 11.7. The Morgan fingerprint density at radius 1 is 1.13 bits per heavy atom. The standard InChI is InChI=1S/C24H42N4O2.HI/c1-4-24(29,5-2)20-27-23(25-6-3)26-15-10-18-30-22-13-16-28(17-14-22)19-21-11-8-7-9-12-21;/h7-9,11-12,22,29H,4-6,10,13-20H2,1-3H3,(H2,25,26,27);1H. The summed E-state index contributed by atoms with van der Waals surface area (Å²) in [6.45, 7) is 12.1. The zero-order valence-electron chi connectivity index (χ0n) is 19.6. The molecule has 0 atom stereocenters. The highest BCUT2D eigenvalue weighted by Gasteiger charge is 2.22. The number of guanidine groups is 1. The van der Waals surface area contributed by atoms with Crippen LogP contribution in [0.5, 0.6) is 0 Å². The summed E-state index contributed by atoms with van der Waals surface area (Å²) in [4.78, 5) is 7.07. The van der Waals surface area contributed by atoms with Crippen molar-refractivity contribution in [3.8, 4) is 0 Å². The molecule has 1 aromatic carbocycles. The van der Waals surface area contributed by atoms with Crippen LogP contribution in [0.2, 0.25) is 0 Å². The fourth-order valence-electron chi connectivity index (χ4n) is 3.65. The Bertz CT molecular complexity index is 603. The lowest BCUT2D eigenvalue weighted by Gasteiger charge is -2.32. The molecule has 2 rings (SSSR count). The van der Waals surface area contributed by atoms with E-state index < -0.39 is 5.60 Å². The topological polar surface area (TPSA) is 69.1 Å². The second-order valence-corrected chi connectivity index (χ2v) is 8.24. The number of nitrogens with zero attached hydrogens (tertiary/aromatic N) is 2. The van der Waals surface area contributed by atoms with E-state index >= 15 is 0 Å². The molecule has 1 aromatic rings. The lowest BCUT2D eigenvalue weighted by Crippen LogP contribution is -2.40. The summed E-state index contributed by atoms with van der Waals surface area (Å²) in [7, 11) is 0. The largest absolute Gasteiger partial charge is 0.388 e. The Morgan fingerprint density at radius 2 is 1.81 bits per heavy atom. The van der Waals surface area contributed by atoms with Gasteiger partial charge in [-0.1, -0.05) is 44.2 Å². The van der Waals surface area contributed by atoms with Crippen LogP contribution in [0.4, 0.5) is 0 Å². The Labute approximate surface area is 206 Å². The molecular formula is C24H43IN4O2. The van der Waals surface area contributed by atoms with Gasteiger partial charge in [0, 0.05) is 39.3 Å². The zero-order valence-corrected chi connectivity index (χ0v) is 21.9. The molecular weight excluding hydrogens is 503 g/mol. The van der Waals surface area contributed by atoms with Gasteiger partial charge in [0.2, 0.25) is 0 Å². The minimum absolute atomic E-state index is 0. The molecule has 6 nitrogen and oxygen atoms in total. The molecule has 0 aromatic heterocycles. The monoisotopic (exact) mass is 546 g/mol. The first-order valence-corrected chi connectivity index (χ1v) is 11.7. The van der Waals surface area contributed by atoms with Gasteiger partial charge in [0.15, 0.2) is 5.96 Å². The first kappa shape index (κ1) is 28.1. The van der Waals surface area contributed by atoms with Gasteiger partial charge in [-0.2, -0.15) is 0 Å². The minimum Gasteiger partial charge on any atom is -0.388 e. The summed E-state index contributed by atoms with van der Waals surface area (Å²) in [5.74, 6) is 0.770. The van der Waals surface area contributed by atoms with E-state index in [1.165, 1.54) is 5.56 Å². The van der Waals surface area contributed by atoms with Crippen LogP contribution in [0.3, 0.4) is 0 Å². The molecule has 31 heavy (non-hydrogen) atoms. The van der Waals surface area contributed by atoms with E-state index in [2.05, 4.69) is 57.8 Å². The third-order valence-corrected chi connectivity index (χ3v) is 5.94. The maximum atomic E-state index is 10.4. The van der Waals surface area contributed by atoms with Gasteiger partial charge in [0.25, 0.3) is 0 Å². The van der Waals surface area contributed by atoms with Crippen molar-refractivity contribution in [2.45, 2.75) is 71.1 Å². The maximum absolute atomic E-state index is 10.4. The molecule has 0 radical (unpaired) electrons. The van der Waals surface area contributed by atoms with Crippen LogP contribution in [-0.2, 0) is 11.3 Å². The van der Waals surface area contributed by atoms with Gasteiger partial charge in [-0.25, -0.2) is 0 Å². The van der Waals surface area contributed by atoms with Crippen LogP contribution < -0.4 is 10.6 Å². The number of halogens is 1. The van der Waals surface area contributed by atoms with E-state index in [0.717, 1.165) is 64.6 Å². The number of aliphatic imine (C=N–C) groups is 1. The van der Waals surface area contributed by atoms with Gasteiger partial charge in [0.1, 0.15) is 0 Å². The molecule has 0 saturated carbocycles. The number of hydrogen-bond donors (Lipinski definition) is 3. The Kier molecular flexibility index (Phi) is 14.4. The number of benzene rings is 1. The van der Waals surface area contributed by atoms with Gasteiger partial charge in [0.05, 0.1) is 18.2 Å². The van der Waals surface area contributed by atoms with Crippen molar-refractivity contribution < 1.29 is 9.84 Å². The number of nitrogens with one attached hydrogen (secondary N) is 2. The highest BCUT2D eigenvalue weighted by Crippen LogP contribution is 2.16. The number of aliphatic hydroxyl groups is 1. The molecule has 7 heteroatoms. The quantitative estimate of drug-likeness (QED) is 0.161. The van der Waals surface area contributed by atoms with Gasteiger partial charge in [-0.15, -0.1) is 24.0 Å². The van der Waals surface area contributed by atoms with E-state index in [-0.39, 0.29) is 24.0 Å². The number of likely N-dealkylation sites (tertiary alicyclic amines) is 1. The van der Waals surface area contributed by atoms with Crippen molar-refractivity contribution in [2.24, 2.45) is 4.99 Å². The van der Waals surface area contributed by atoms with E-state index in [9.17, 15) is 5.11 Å². The van der Waals surface area contributed by atoms with Crippen LogP contribution in [-0.4, -0.2) is 67.0 Å². The highest BCUT2D eigenvalue weighted by molar-refractivity contribution is 14.0. The van der Waals surface area contributed by atoms with E-state index in [1.807, 2.05) is 13.8 Å². The molecule has 3 N–H and O–H groups in total. The van der Waals surface area contributed by atoms with Crippen molar-refractivity contribution in [1.82, 2.24) is 15.5 Å². The van der Waals surface area contributed by atoms with Crippen LogP contribution in [0.25, 0.3) is 0 Å². The number of ether oxygens (including phenoxy) is 1. The van der Waals surface area contributed by atoms with Crippen LogP contribution in [0.15, 0.2) is 35.3 Å². The maximum Gasteiger partial charge on any atom is 0.191 e. The zero-order chi connectivity index (χ0) is 21.7. The van der Waals surface area contributed by atoms with E-state index in [4.69, 9.17) is 4.74 Å². The molecule has 0 aliphatic carbocycles. The summed E-state index contributed by atoms with van der Waals surface area (Å²) < 4.78 is 6.11. The third kappa shape index (κ3) is 11.0. The van der Waals surface area contributed by atoms with E-state index in [0.29, 0.717) is 25.5 Å². The van der Waals surface area contributed by atoms with Crippen molar-refractivity contribution >= 4 is 29.9 Å². The summed E-state index contributed by atoms with van der Waals surface area (Å²) in [5.41, 5.74) is 0.679. The molecule has 0 bridgehead atoms. The molecule has 1 fully saturated rings. The number of rotatable bonds is 12. The Hall–Kier alpha value is -0.900. The molecule has 1 aliphatic rings. The SMILES string of the molecule is CCNC(=NCC(O)(CC)CC)NCCCOC1CCN(Cc2ccccc2)CC1.I. The first-order chi connectivity index (χ1) is 14.6. The van der Waals surface area contributed by atoms with Crippen LogP contribution >= 0.6 is 24.0 Å². The molecule has 178 valence electrons. The lowest BCUT2D eigenvalue weighted by molar-refractivity contribution is 0.00533. The predicted molar refractivity (Wildman–Crippen MR) is 140 cm³/mol. The number of piperidine rings is 1. The number of hydrogen-bond acceptors (Lipinski definition) is 4. The normalized spacial score (nSPS) is 16.1. The summed E-state index contributed by atoms with van der Waals surface area (Å²) in [6.07, 6.45) is 4.96. The van der Waals surface area contributed by atoms with Gasteiger partial charge in [-0.3, -0.25) is 9.89 Å². The Morgan fingerprint density at radius 3 is 2.42 bits per heavy atom. The minimum atomic E-state index is -0.708. The van der Waals surface area contributed by atoms with Crippen molar-refractivity contribution in [2.75, 3.05) is 39.3 Å².